The van der Waals surface area contributed by atoms with E-state index in [0.29, 0.717) is 10.0 Å². The minimum atomic E-state index is -0.343. The van der Waals surface area contributed by atoms with Crippen LogP contribution in [0.3, 0.4) is 0 Å². The van der Waals surface area contributed by atoms with E-state index in [1.165, 1.54) is 0 Å². The zero-order chi connectivity index (χ0) is 15.1. The third kappa shape index (κ3) is 2.75. The van der Waals surface area contributed by atoms with Gasteiger partial charge in [0.05, 0.1) is 6.04 Å². The Hall–Kier alpha value is -0.930. The Morgan fingerprint density at radius 3 is 2.30 bits per heavy atom. The summed E-state index contributed by atoms with van der Waals surface area (Å²) in [6.07, 6.45) is 0.227. The van der Waals surface area contributed by atoms with Crippen LogP contribution in [0.25, 0.3) is 0 Å². The van der Waals surface area contributed by atoms with Crippen LogP contribution in [-0.2, 0) is 4.74 Å². The van der Waals surface area contributed by atoms with Crippen molar-refractivity contribution in [3.63, 3.8) is 0 Å². The van der Waals surface area contributed by atoms with E-state index < -0.39 is 0 Å². The highest BCUT2D eigenvalue weighted by Crippen LogP contribution is 2.39. The van der Waals surface area contributed by atoms with Crippen molar-refractivity contribution in [2.75, 3.05) is 0 Å². The average molecular weight is 316 g/mol. The van der Waals surface area contributed by atoms with Crippen molar-refractivity contribution in [1.29, 1.82) is 0 Å². The molecule has 1 fully saturated rings. The molecule has 0 radical (unpaired) electrons. The third-order valence-corrected chi connectivity index (χ3v) is 4.44. The van der Waals surface area contributed by atoms with E-state index in [4.69, 9.17) is 27.9 Å². The van der Waals surface area contributed by atoms with Gasteiger partial charge >= 0.3 is 6.09 Å². The fourth-order valence-electron chi connectivity index (χ4n) is 2.62. The van der Waals surface area contributed by atoms with Gasteiger partial charge in [-0.25, -0.2) is 4.79 Å². The third-order valence-electron chi connectivity index (χ3n) is 4.00. The largest absolute Gasteiger partial charge is 0.439 e. The lowest BCUT2D eigenvalue weighted by Crippen LogP contribution is -2.48. The minimum absolute atomic E-state index is 0.0630. The molecule has 0 aliphatic carbocycles. The van der Waals surface area contributed by atoms with Gasteiger partial charge in [0.15, 0.2) is 0 Å². The van der Waals surface area contributed by atoms with Gasteiger partial charge in [-0.15, -0.1) is 0 Å². The predicted molar refractivity (Wildman–Crippen MR) is 81.4 cm³/mol. The van der Waals surface area contributed by atoms with Crippen LogP contribution in [0, 0.1) is 0 Å². The van der Waals surface area contributed by atoms with Gasteiger partial charge in [-0.3, -0.25) is 4.90 Å². The topological polar surface area (TPSA) is 29.5 Å². The van der Waals surface area contributed by atoms with Crippen molar-refractivity contribution in [1.82, 2.24) is 4.90 Å². The zero-order valence-corrected chi connectivity index (χ0v) is 13.6. The van der Waals surface area contributed by atoms with E-state index in [1.807, 2.05) is 20.8 Å². The van der Waals surface area contributed by atoms with E-state index in [-0.39, 0.29) is 23.8 Å². The molecule has 0 unspecified atom stereocenters. The first-order valence-electron chi connectivity index (χ1n) is 6.72. The van der Waals surface area contributed by atoms with Crippen LogP contribution in [0.15, 0.2) is 18.2 Å². The van der Waals surface area contributed by atoms with Crippen LogP contribution in [0.5, 0.6) is 0 Å². The molecule has 0 saturated carbocycles. The zero-order valence-electron chi connectivity index (χ0n) is 12.1. The van der Waals surface area contributed by atoms with Crippen LogP contribution in [-0.4, -0.2) is 22.6 Å². The number of carbonyl (C=O) groups is 1. The number of halogens is 2. The number of amides is 1. The molecule has 3 nitrogen and oxygen atoms in total. The standard InChI is InChI=1S/C15H19Cl2NO2/c1-5-15(3,4)18-9(2)13(20-14(18)19)10-6-11(16)8-12(17)7-10/h6-9,13H,5H2,1-4H3/t9-,13-/m0/s1. The lowest BCUT2D eigenvalue weighted by atomic mass is 9.95. The molecule has 0 spiro atoms. The maximum absolute atomic E-state index is 12.2. The molecule has 1 aliphatic heterocycles. The maximum atomic E-state index is 12.2. The summed E-state index contributed by atoms with van der Waals surface area (Å²) in [5.41, 5.74) is 0.589. The first kappa shape index (κ1) is 15.5. The highest BCUT2D eigenvalue weighted by molar-refractivity contribution is 6.34. The van der Waals surface area contributed by atoms with E-state index in [1.54, 1.807) is 23.1 Å². The number of carbonyl (C=O) groups excluding carboxylic acids is 1. The summed E-state index contributed by atoms with van der Waals surface area (Å²) in [6, 6.07) is 5.20. The molecule has 5 heteroatoms. The van der Waals surface area contributed by atoms with Crippen LogP contribution in [0.1, 0.15) is 45.8 Å². The molecule has 1 heterocycles. The molecule has 1 amide bonds. The molecule has 0 bridgehead atoms. The van der Waals surface area contributed by atoms with Gasteiger partial charge in [-0.2, -0.15) is 0 Å². The summed E-state index contributed by atoms with van der Waals surface area (Å²) in [7, 11) is 0. The second kappa shape index (κ2) is 5.45. The predicted octanol–water partition coefficient (Wildman–Crippen LogP) is 5.06. The molecule has 1 aliphatic rings. The molecule has 1 aromatic carbocycles. The average Bonchev–Trinajstić information content (AvgIpc) is 2.64. The molecular formula is C15H19Cl2NO2. The summed E-state index contributed by atoms with van der Waals surface area (Å²) >= 11 is 12.1. The lowest BCUT2D eigenvalue weighted by molar-refractivity contribution is 0.112. The number of benzene rings is 1. The van der Waals surface area contributed by atoms with Gasteiger partial charge in [0, 0.05) is 15.6 Å². The first-order valence-corrected chi connectivity index (χ1v) is 7.48. The molecule has 20 heavy (non-hydrogen) atoms. The normalized spacial score (nSPS) is 23.1. The highest BCUT2D eigenvalue weighted by atomic mass is 35.5. The van der Waals surface area contributed by atoms with Crippen molar-refractivity contribution >= 4 is 29.3 Å². The quantitative estimate of drug-likeness (QED) is 0.779. The molecule has 110 valence electrons. The van der Waals surface area contributed by atoms with Gasteiger partial charge < -0.3 is 4.74 Å². The van der Waals surface area contributed by atoms with Crippen LogP contribution < -0.4 is 0 Å². The van der Waals surface area contributed by atoms with Crippen molar-refractivity contribution in [2.24, 2.45) is 0 Å². The summed E-state index contributed by atoms with van der Waals surface area (Å²) < 4.78 is 5.54. The molecule has 0 N–H and O–H groups in total. The Labute approximate surface area is 129 Å². The number of nitrogens with zero attached hydrogens (tertiary/aromatic N) is 1. The fourth-order valence-corrected chi connectivity index (χ4v) is 3.16. The van der Waals surface area contributed by atoms with Crippen molar-refractivity contribution in [2.45, 2.75) is 51.8 Å². The Kier molecular flexibility index (Phi) is 4.22. The Morgan fingerprint density at radius 1 is 1.25 bits per heavy atom. The van der Waals surface area contributed by atoms with Gasteiger partial charge in [0.1, 0.15) is 6.10 Å². The van der Waals surface area contributed by atoms with Crippen molar-refractivity contribution in [3.8, 4) is 0 Å². The van der Waals surface area contributed by atoms with E-state index >= 15 is 0 Å². The van der Waals surface area contributed by atoms with Crippen LogP contribution >= 0.6 is 23.2 Å². The number of hydrogen-bond acceptors (Lipinski definition) is 2. The maximum Gasteiger partial charge on any atom is 0.411 e. The molecular weight excluding hydrogens is 297 g/mol. The Bertz CT molecular complexity index is 510. The van der Waals surface area contributed by atoms with Gasteiger partial charge in [-0.1, -0.05) is 30.1 Å². The van der Waals surface area contributed by atoms with Crippen molar-refractivity contribution in [3.05, 3.63) is 33.8 Å². The minimum Gasteiger partial charge on any atom is -0.439 e. The first-order chi connectivity index (χ1) is 9.26. The van der Waals surface area contributed by atoms with Crippen LogP contribution in [0.4, 0.5) is 4.79 Å². The number of rotatable bonds is 3. The van der Waals surface area contributed by atoms with Gasteiger partial charge in [0.2, 0.25) is 0 Å². The van der Waals surface area contributed by atoms with Gasteiger partial charge in [0.25, 0.3) is 0 Å². The second-order valence-corrected chi connectivity index (χ2v) is 6.66. The summed E-state index contributed by atoms with van der Waals surface area (Å²) in [5.74, 6) is 0. The molecule has 2 atom stereocenters. The summed E-state index contributed by atoms with van der Waals surface area (Å²) in [6.45, 7) is 8.13. The molecule has 1 saturated heterocycles. The monoisotopic (exact) mass is 315 g/mol. The number of hydrogen-bond donors (Lipinski definition) is 0. The summed E-state index contributed by atoms with van der Waals surface area (Å²) in [5, 5.41) is 1.09. The number of cyclic esters (lactones) is 1. The van der Waals surface area contributed by atoms with Crippen LogP contribution in [0.2, 0.25) is 10.0 Å². The fraction of sp³-hybridized carbons (Fsp3) is 0.533. The molecule has 0 aromatic heterocycles. The SMILES string of the molecule is CCC(C)(C)N1C(=O)O[C@H](c2cc(Cl)cc(Cl)c2)[C@@H]1C. The molecule has 2 rings (SSSR count). The second-order valence-electron chi connectivity index (χ2n) is 5.78. The highest BCUT2D eigenvalue weighted by Gasteiger charge is 2.46. The summed E-state index contributed by atoms with van der Waals surface area (Å²) in [4.78, 5) is 14.0. The van der Waals surface area contributed by atoms with E-state index in [2.05, 4.69) is 6.92 Å². The van der Waals surface area contributed by atoms with E-state index in [9.17, 15) is 4.79 Å². The van der Waals surface area contributed by atoms with E-state index in [0.717, 1.165) is 12.0 Å². The Morgan fingerprint density at radius 2 is 1.80 bits per heavy atom. The molecule has 1 aromatic rings. The van der Waals surface area contributed by atoms with Crippen molar-refractivity contribution < 1.29 is 9.53 Å². The lowest BCUT2D eigenvalue weighted by Gasteiger charge is -2.36. The van der Waals surface area contributed by atoms with Gasteiger partial charge in [-0.05, 0) is 51.0 Å². The number of ether oxygens (including phenoxy) is 1. The smallest absolute Gasteiger partial charge is 0.411 e. The Balaban J connectivity index is 2.34.